The number of hydrogen-bond acceptors (Lipinski definition) is 4. The highest BCUT2D eigenvalue weighted by Gasteiger charge is 2.11. The Hall–Kier alpha value is -2.63. The zero-order chi connectivity index (χ0) is 14.0. The molecule has 0 saturated heterocycles. The first-order chi connectivity index (χ1) is 8.99. The summed E-state index contributed by atoms with van der Waals surface area (Å²) in [6, 6.07) is 7.31. The minimum atomic E-state index is -1.17. The maximum Gasteiger partial charge on any atom is 0.354 e. The number of nitrogens with zero attached hydrogens (tertiary/aromatic N) is 1. The summed E-state index contributed by atoms with van der Waals surface area (Å²) >= 11 is 0. The lowest BCUT2D eigenvalue weighted by Gasteiger charge is -2.12. The van der Waals surface area contributed by atoms with Gasteiger partial charge >= 0.3 is 5.97 Å². The molecule has 2 rings (SSSR count). The van der Waals surface area contributed by atoms with Crippen LogP contribution in [0.2, 0.25) is 0 Å². The van der Waals surface area contributed by atoms with Crippen LogP contribution >= 0.6 is 0 Å². The van der Waals surface area contributed by atoms with Crippen molar-refractivity contribution in [2.24, 2.45) is 0 Å². The van der Waals surface area contributed by atoms with Gasteiger partial charge in [0.05, 0.1) is 11.4 Å². The fourth-order valence-electron chi connectivity index (χ4n) is 1.60. The Morgan fingerprint density at radius 3 is 2.74 bits per heavy atom. The fraction of sp³-hybridized carbons (Fsp3) is 0.0769. The third kappa shape index (κ3) is 2.62. The van der Waals surface area contributed by atoms with E-state index in [0.29, 0.717) is 5.56 Å². The molecule has 98 valence electrons. The summed E-state index contributed by atoms with van der Waals surface area (Å²) in [7, 11) is 0. The molecule has 0 aliphatic carbocycles. The van der Waals surface area contributed by atoms with E-state index in [0.717, 1.165) is 0 Å². The van der Waals surface area contributed by atoms with E-state index in [-0.39, 0.29) is 22.9 Å². The average Bonchev–Trinajstić information content (AvgIpc) is 2.35. The highest BCUT2D eigenvalue weighted by atomic mass is 19.1. The molecule has 2 aromatic rings. The molecule has 0 saturated carbocycles. The Kier molecular flexibility index (Phi) is 3.33. The predicted octanol–water partition coefficient (Wildman–Crippen LogP) is 2.55. The zero-order valence-corrected chi connectivity index (χ0v) is 10.1. The Morgan fingerprint density at radius 2 is 2.11 bits per heavy atom. The molecule has 0 fully saturated rings. The number of nitrogens with two attached hydrogens (primary N) is 1. The molecule has 4 N–H and O–H groups in total. The fourth-order valence-corrected chi connectivity index (χ4v) is 1.60. The van der Waals surface area contributed by atoms with Crippen LogP contribution in [0, 0.1) is 12.7 Å². The molecule has 1 heterocycles. The molecule has 0 spiro atoms. The maximum absolute atomic E-state index is 13.7. The van der Waals surface area contributed by atoms with E-state index < -0.39 is 11.8 Å². The SMILES string of the molecule is Cc1cccc(F)c1Nc1nc(C(=O)O)ccc1N. The monoisotopic (exact) mass is 261 g/mol. The van der Waals surface area contributed by atoms with Crippen LogP contribution in [0.5, 0.6) is 0 Å². The molecule has 1 aromatic heterocycles. The standard InChI is InChI=1S/C13H12FN3O2/c1-7-3-2-4-8(14)11(7)17-12-9(15)5-6-10(16-12)13(18)19/h2-6H,15H2,1H3,(H,16,17)(H,18,19). The first-order valence-electron chi connectivity index (χ1n) is 5.51. The quantitative estimate of drug-likeness (QED) is 0.790. The third-order valence-corrected chi connectivity index (χ3v) is 2.61. The minimum absolute atomic E-state index is 0.119. The van der Waals surface area contributed by atoms with E-state index in [2.05, 4.69) is 10.3 Å². The van der Waals surface area contributed by atoms with E-state index in [9.17, 15) is 9.18 Å². The Labute approximate surface area is 108 Å². The summed E-state index contributed by atoms with van der Waals surface area (Å²) in [4.78, 5) is 14.7. The number of aromatic nitrogens is 1. The summed E-state index contributed by atoms with van der Waals surface area (Å²) in [6.07, 6.45) is 0. The van der Waals surface area contributed by atoms with Crippen molar-refractivity contribution in [1.29, 1.82) is 0 Å². The van der Waals surface area contributed by atoms with Crippen LogP contribution in [-0.2, 0) is 0 Å². The highest BCUT2D eigenvalue weighted by Crippen LogP contribution is 2.26. The number of carboxylic acids is 1. The van der Waals surface area contributed by atoms with Crippen LogP contribution in [0.25, 0.3) is 0 Å². The molecule has 1 aromatic carbocycles. The summed E-state index contributed by atoms with van der Waals surface area (Å²) in [5, 5.41) is 11.6. The van der Waals surface area contributed by atoms with Crippen LogP contribution in [0.3, 0.4) is 0 Å². The molecule has 5 nitrogen and oxygen atoms in total. The summed E-state index contributed by atoms with van der Waals surface area (Å²) < 4.78 is 13.7. The van der Waals surface area contributed by atoms with Gasteiger partial charge < -0.3 is 16.2 Å². The van der Waals surface area contributed by atoms with Gasteiger partial charge in [0, 0.05) is 0 Å². The summed E-state index contributed by atoms with van der Waals surface area (Å²) in [5.74, 6) is -1.51. The van der Waals surface area contributed by atoms with Gasteiger partial charge in [-0.1, -0.05) is 12.1 Å². The number of para-hydroxylation sites is 1. The minimum Gasteiger partial charge on any atom is -0.477 e. The third-order valence-electron chi connectivity index (χ3n) is 2.61. The van der Waals surface area contributed by atoms with Gasteiger partial charge in [0.2, 0.25) is 0 Å². The van der Waals surface area contributed by atoms with Crippen molar-refractivity contribution in [3.05, 3.63) is 47.4 Å². The largest absolute Gasteiger partial charge is 0.477 e. The number of aryl methyl sites for hydroxylation is 1. The van der Waals surface area contributed by atoms with Gasteiger partial charge in [-0.25, -0.2) is 14.2 Å². The summed E-state index contributed by atoms with van der Waals surface area (Å²) in [5.41, 5.74) is 6.67. The molecule has 19 heavy (non-hydrogen) atoms. The number of benzene rings is 1. The van der Waals surface area contributed by atoms with Gasteiger partial charge in [0.1, 0.15) is 5.82 Å². The Bertz CT molecular complexity index is 624. The lowest BCUT2D eigenvalue weighted by Crippen LogP contribution is -2.07. The number of carbonyl (C=O) groups is 1. The molecular formula is C13H12FN3O2. The lowest BCUT2D eigenvalue weighted by atomic mass is 10.2. The van der Waals surface area contributed by atoms with Gasteiger partial charge in [-0.2, -0.15) is 0 Å². The van der Waals surface area contributed by atoms with Crippen molar-refractivity contribution in [3.8, 4) is 0 Å². The van der Waals surface area contributed by atoms with Crippen molar-refractivity contribution in [3.63, 3.8) is 0 Å². The molecule has 0 aliphatic heterocycles. The van der Waals surface area contributed by atoms with Gasteiger partial charge in [-0.15, -0.1) is 0 Å². The number of nitrogen functional groups attached to an aromatic ring is 1. The van der Waals surface area contributed by atoms with E-state index in [4.69, 9.17) is 10.8 Å². The number of hydrogen-bond donors (Lipinski definition) is 3. The van der Waals surface area contributed by atoms with E-state index in [1.807, 2.05) is 0 Å². The molecule has 0 bridgehead atoms. The van der Waals surface area contributed by atoms with Crippen LogP contribution in [0.1, 0.15) is 16.1 Å². The maximum atomic E-state index is 13.7. The van der Waals surface area contributed by atoms with Crippen molar-refractivity contribution in [1.82, 2.24) is 4.98 Å². The first-order valence-corrected chi connectivity index (χ1v) is 5.51. The number of rotatable bonds is 3. The smallest absolute Gasteiger partial charge is 0.354 e. The van der Waals surface area contributed by atoms with E-state index >= 15 is 0 Å². The van der Waals surface area contributed by atoms with E-state index in [1.165, 1.54) is 18.2 Å². The second-order valence-corrected chi connectivity index (χ2v) is 4.00. The summed E-state index contributed by atoms with van der Waals surface area (Å²) in [6.45, 7) is 1.72. The van der Waals surface area contributed by atoms with Crippen LogP contribution in [0.4, 0.5) is 21.6 Å². The number of aromatic carboxylic acids is 1. The van der Waals surface area contributed by atoms with Gasteiger partial charge in [-0.3, -0.25) is 0 Å². The second-order valence-electron chi connectivity index (χ2n) is 4.00. The second kappa shape index (κ2) is 4.93. The molecule has 0 amide bonds. The Balaban J connectivity index is 2.43. The van der Waals surface area contributed by atoms with Gasteiger partial charge in [0.15, 0.2) is 11.5 Å². The van der Waals surface area contributed by atoms with Crippen molar-refractivity contribution < 1.29 is 14.3 Å². The van der Waals surface area contributed by atoms with Crippen LogP contribution < -0.4 is 11.1 Å². The average molecular weight is 261 g/mol. The molecule has 0 aliphatic rings. The molecule has 0 unspecified atom stereocenters. The van der Waals surface area contributed by atoms with Gasteiger partial charge in [0.25, 0.3) is 0 Å². The van der Waals surface area contributed by atoms with Crippen LogP contribution in [-0.4, -0.2) is 16.1 Å². The number of anilines is 3. The lowest BCUT2D eigenvalue weighted by molar-refractivity contribution is 0.0690. The molecule has 0 atom stereocenters. The predicted molar refractivity (Wildman–Crippen MR) is 70.0 cm³/mol. The van der Waals surface area contributed by atoms with Crippen molar-refractivity contribution >= 4 is 23.2 Å². The normalized spacial score (nSPS) is 10.2. The van der Waals surface area contributed by atoms with Crippen LogP contribution in [0.15, 0.2) is 30.3 Å². The Morgan fingerprint density at radius 1 is 1.37 bits per heavy atom. The number of carboxylic acid groups (broad SMARTS) is 1. The number of nitrogens with one attached hydrogen (secondary N) is 1. The molecule has 6 heteroatoms. The first kappa shape index (κ1) is 12.8. The van der Waals surface area contributed by atoms with Crippen molar-refractivity contribution in [2.45, 2.75) is 6.92 Å². The van der Waals surface area contributed by atoms with Gasteiger partial charge in [-0.05, 0) is 30.7 Å². The zero-order valence-electron chi connectivity index (χ0n) is 10.1. The molecular weight excluding hydrogens is 249 g/mol. The van der Waals surface area contributed by atoms with Crippen molar-refractivity contribution in [2.75, 3.05) is 11.1 Å². The number of pyridine rings is 1. The topological polar surface area (TPSA) is 88.2 Å². The molecule has 0 radical (unpaired) electrons. The van der Waals surface area contributed by atoms with E-state index in [1.54, 1.807) is 19.1 Å². The highest BCUT2D eigenvalue weighted by molar-refractivity contribution is 5.87. The number of halogens is 1.